The number of sulfonamides is 1. The van der Waals surface area contributed by atoms with Crippen LogP contribution in [-0.4, -0.2) is 62.5 Å². The molecule has 0 radical (unpaired) electrons. The lowest BCUT2D eigenvalue weighted by Gasteiger charge is -2.27. The molecule has 2 fully saturated rings. The van der Waals surface area contributed by atoms with Crippen LogP contribution >= 0.6 is 11.3 Å². The Bertz CT molecular complexity index is 910. The topological polar surface area (TPSA) is 91.8 Å². The van der Waals surface area contributed by atoms with E-state index in [1.807, 2.05) is 6.07 Å². The van der Waals surface area contributed by atoms with E-state index in [1.165, 1.54) is 4.31 Å². The molecule has 1 N–H and O–H groups in total. The van der Waals surface area contributed by atoms with E-state index in [0.29, 0.717) is 38.3 Å². The second-order valence-electron chi connectivity index (χ2n) is 6.70. The van der Waals surface area contributed by atoms with Gasteiger partial charge in [-0.25, -0.2) is 13.4 Å². The number of rotatable bonds is 5. The molecule has 4 rings (SSSR count). The van der Waals surface area contributed by atoms with E-state index in [4.69, 9.17) is 4.74 Å². The van der Waals surface area contributed by atoms with Crippen molar-refractivity contribution in [1.82, 2.24) is 9.29 Å². The Hall–Kier alpha value is -2.01. The first-order valence-corrected chi connectivity index (χ1v) is 11.5. The molecule has 1 unspecified atom stereocenters. The summed E-state index contributed by atoms with van der Waals surface area (Å²) in [7, 11) is -3.65. The van der Waals surface area contributed by atoms with E-state index >= 15 is 0 Å². The number of nitrogens with one attached hydrogen (secondary N) is 1. The zero-order valence-electron chi connectivity index (χ0n) is 15.3. The van der Waals surface area contributed by atoms with Gasteiger partial charge in [0.2, 0.25) is 5.91 Å². The van der Waals surface area contributed by atoms with Gasteiger partial charge in [-0.15, -0.1) is 11.3 Å². The molecule has 0 bridgehead atoms. The molecule has 0 spiro atoms. The summed E-state index contributed by atoms with van der Waals surface area (Å²) < 4.78 is 32.5. The minimum Gasteiger partial charge on any atom is -0.378 e. The third-order valence-electron chi connectivity index (χ3n) is 4.91. The van der Waals surface area contributed by atoms with Crippen LogP contribution in [0.1, 0.15) is 12.8 Å². The summed E-state index contributed by atoms with van der Waals surface area (Å²) in [4.78, 5) is 19.3. The predicted octanol–water partition coefficient (Wildman–Crippen LogP) is 1.77. The molecule has 2 aromatic rings. The average Bonchev–Trinajstić information content (AvgIpc) is 3.42. The normalized spacial score (nSPS) is 21.0. The summed E-state index contributed by atoms with van der Waals surface area (Å²) in [6.07, 6.45) is 2.78. The summed E-state index contributed by atoms with van der Waals surface area (Å²) in [6, 6.07) is 6.22. The zero-order valence-corrected chi connectivity index (χ0v) is 16.9. The first-order chi connectivity index (χ1) is 13.6. The van der Waals surface area contributed by atoms with Crippen molar-refractivity contribution in [3.05, 3.63) is 35.8 Å². The summed E-state index contributed by atoms with van der Waals surface area (Å²) in [5.74, 6) is 0.516. The molecule has 150 valence electrons. The largest absolute Gasteiger partial charge is 0.378 e. The smallest absolute Gasteiger partial charge is 0.253 e. The van der Waals surface area contributed by atoms with Crippen LogP contribution in [0, 0.1) is 0 Å². The summed E-state index contributed by atoms with van der Waals surface area (Å²) >= 11 is 1.16. The molecule has 1 atom stereocenters. The molecule has 0 aliphatic carbocycles. The van der Waals surface area contributed by atoms with Crippen molar-refractivity contribution >= 4 is 38.8 Å². The fourth-order valence-electron chi connectivity index (χ4n) is 3.48. The second-order valence-corrected chi connectivity index (χ2v) is 9.76. The Morgan fingerprint density at radius 1 is 1.21 bits per heavy atom. The van der Waals surface area contributed by atoms with Gasteiger partial charge >= 0.3 is 0 Å². The number of thiophene rings is 1. The van der Waals surface area contributed by atoms with E-state index in [-0.39, 0.29) is 10.1 Å². The highest BCUT2D eigenvalue weighted by Crippen LogP contribution is 2.29. The van der Waals surface area contributed by atoms with E-state index in [2.05, 4.69) is 15.2 Å². The van der Waals surface area contributed by atoms with Gasteiger partial charge < -0.3 is 15.0 Å². The molecule has 4 heterocycles. The molecule has 8 nitrogen and oxygen atoms in total. The molecule has 1 amide bonds. The lowest BCUT2D eigenvalue weighted by molar-refractivity contribution is -0.119. The maximum absolute atomic E-state index is 12.8. The second kappa shape index (κ2) is 8.16. The Balaban J connectivity index is 1.44. The molecule has 0 aromatic carbocycles. The number of aromatic nitrogens is 1. The number of hydrogen-bond donors (Lipinski definition) is 1. The van der Waals surface area contributed by atoms with Crippen LogP contribution < -0.4 is 10.2 Å². The quantitative estimate of drug-likeness (QED) is 0.790. The fourth-order valence-corrected chi connectivity index (χ4v) is 6.26. The number of pyridine rings is 1. The Kier molecular flexibility index (Phi) is 5.63. The number of carbonyl (C=O) groups is 1. The summed E-state index contributed by atoms with van der Waals surface area (Å²) in [6.45, 7) is 3.28. The fraction of sp³-hybridized carbons (Fsp3) is 0.444. The third-order valence-corrected chi connectivity index (χ3v) is 8.20. The van der Waals surface area contributed by atoms with Gasteiger partial charge in [0.1, 0.15) is 16.1 Å². The van der Waals surface area contributed by atoms with E-state index in [9.17, 15) is 13.2 Å². The Morgan fingerprint density at radius 2 is 2.04 bits per heavy atom. The van der Waals surface area contributed by atoms with Crippen molar-refractivity contribution in [3.8, 4) is 0 Å². The molecule has 2 aromatic heterocycles. The molecular weight excluding hydrogens is 400 g/mol. The van der Waals surface area contributed by atoms with Gasteiger partial charge in [-0.2, -0.15) is 4.31 Å². The molecule has 2 aliphatic heterocycles. The van der Waals surface area contributed by atoms with Crippen molar-refractivity contribution in [1.29, 1.82) is 0 Å². The van der Waals surface area contributed by atoms with Crippen LogP contribution in [0.4, 0.5) is 11.5 Å². The Labute approximate surface area is 168 Å². The number of hydrogen-bond acceptors (Lipinski definition) is 7. The highest BCUT2D eigenvalue weighted by atomic mass is 32.2. The maximum Gasteiger partial charge on any atom is 0.253 e. The molecule has 10 heteroatoms. The number of anilines is 2. The van der Waals surface area contributed by atoms with Crippen molar-refractivity contribution < 1.29 is 17.9 Å². The van der Waals surface area contributed by atoms with Crippen LogP contribution in [0.25, 0.3) is 0 Å². The monoisotopic (exact) mass is 422 g/mol. The van der Waals surface area contributed by atoms with Gasteiger partial charge in [-0.3, -0.25) is 4.79 Å². The summed E-state index contributed by atoms with van der Waals surface area (Å²) in [5, 5.41) is 4.54. The minimum absolute atomic E-state index is 0.267. The highest BCUT2D eigenvalue weighted by Gasteiger charge is 2.39. The van der Waals surface area contributed by atoms with Crippen LogP contribution in [0.15, 0.2) is 40.1 Å². The molecular formula is C18H22N4O4S2. The third kappa shape index (κ3) is 3.90. The number of ether oxygens (including phenoxy) is 1. The van der Waals surface area contributed by atoms with E-state index in [1.54, 1.807) is 29.8 Å². The number of nitrogens with zero attached hydrogens (tertiary/aromatic N) is 3. The summed E-state index contributed by atoms with van der Waals surface area (Å²) in [5.41, 5.74) is 0.558. The predicted molar refractivity (Wildman–Crippen MR) is 107 cm³/mol. The van der Waals surface area contributed by atoms with Crippen molar-refractivity contribution in [2.24, 2.45) is 0 Å². The molecule has 2 aliphatic rings. The first-order valence-electron chi connectivity index (χ1n) is 9.21. The zero-order chi connectivity index (χ0) is 19.6. The van der Waals surface area contributed by atoms with Crippen LogP contribution in [0.2, 0.25) is 0 Å². The SMILES string of the molecule is O=C(Nc1ccc(N2CCOCC2)nc1)C1CCCN1S(=O)(=O)c1cccs1. The van der Waals surface area contributed by atoms with Gasteiger partial charge in [0, 0.05) is 19.6 Å². The van der Waals surface area contributed by atoms with Gasteiger partial charge in [-0.05, 0) is 36.4 Å². The van der Waals surface area contributed by atoms with Crippen LogP contribution in [-0.2, 0) is 19.6 Å². The van der Waals surface area contributed by atoms with Crippen LogP contribution in [0.5, 0.6) is 0 Å². The number of morpholine rings is 1. The number of amides is 1. The molecule has 0 saturated carbocycles. The van der Waals surface area contributed by atoms with Crippen molar-refractivity contribution in [2.75, 3.05) is 43.1 Å². The van der Waals surface area contributed by atoms with Gasteiger partial charge in [0.05, 0.1) is 25.1 Å². The van der Waals surface area contributed by atoms with Gasteiger partial charge in [-0.1, -0.05) is 6.07 Å². The maximum atomic E-state index is 12.8. The first kappa shape index (κ1) is 19.3. The molecule has 28 heavy (non-hydrogen) atoms. The van der Waals surface area contributed by atoms with Gasteiger partial charge in [0.15, 0.2) is 0 Å². The minimum atomic E-state index is -3.65. The van der Waals surface area contributed by atoms with Crippen molar-refractivity contribution in [3.63, 3.8) is 0 Å². The van der Waals surface area contributed by atoms with Crippen molar-refractivity contribution in [2.45, 2.75) is 23.1 Å². The lowest BCUT2D eigenvalue weighted by Crippen LogP contribution is -2.42. The Morgan fingerprint density at radius 3 is 2.71 bits per heavy atom. The van der Waals surface area contributed by atoms with E-state index < -0.39 is 16.1 Å². The lowest BCUT2D eigenvalue weighted by atomic mass is 10.2. The van der Waals surface area contributed by atoms with Crippen LogP contribution in [0.3, 0.4) is 0 Å². The number of carbonyl (C=O) groups excluding carboxylic acids is 1. The highest BCUT2D eigenvalue weighted by molar-refractivity contribution is 7.91. The average molecular weight is 423 g/mol. The standard InChI is InChI=1S/C18H22N4O4S2/c23-18(15-3-1-7-22(15)28(24,25)17-4-2-12-27-17)20-14-5-6-16(19-13-14)21-8-10-26-11-9-21/h2,4-6,12-13,15H,1,3,7-11H2,(H,20,23). The van der Waals surface area contributed by atoms with Gasteiger partial charge in [0.25, 0.3) is 10.0 Å². The molecule has 2 saturated heterocycles. The van der Waals surface area contributed by atoms with E-state index in [0.717, 1.165) is 30.2 Å².